The van der Waals surface area contributed by atoms with Crippen LogP contribution >= 0.6 is 9.69 Å². The van der Waals surface area contributed by atoms with E-state index < -0.39 is 22.1 Å². The Morgan fingerprint density at radius 1 is 0.595 bits per heavy atom. The van der Waals surface area contributed by atoms with Crippen molar-refractivity contribution in [1.29, 1.82) is 0 Å². The number of hydrogen-bond acceptors (Lipinski definition) is 2. The molecule has 37 heavy (non-hydrogen) atoms. The van der Waals surface area contributed by atoms with Crippen LogP contribution in [0.25, 0.3) is 21.2 Å². The fraction of sp³-hybridized carbons (Fsp3) is 0.0667. The van der Waals surface area contributed by atoms with E-state index in [1.807, 2.05) is 139 Å². The van der Waals surface area contributed by atoms with Gasteiger partial charge in [0, 0.05) is 0 Å². The molecular weight excluding hydrogens is 589 g/mol. The molecule has 7 heteroatoms. The van der Waals surface area contributed by atoms with Crippen molar-refractivity contribution in [2.24, 2.45) is 0 Å². The Balaban J connectivity index is 0.000000412. The van der Waals surface area contributed by atoms with Gasteiger partial charge in [-0.1, -0.05) is 145 Å². The molecule has 5 rings (SSSR count). The van der Waals surface area contributed by atoms with Crippen LogP contribution in [0.1, 0.15) is 23.2 Å². The molecule has 189 valence electrons. The van der Waals surface area contributed by atoms with E-state index in [2.05, 4.69) is 14.4 Å². The van der Waals surface area contributed by atoms with Gasteiger partial charge >= 0.3 is 27.0 Å². The second kappa shape index (κ2) is 14.8. The minimum absolute atomic E-state index is 0.164. The van der Waals surface area contributed by atoms with Crippen molar-refractivity contribution in [3.8, 4) is 0 Å². The molecule has 0 aliphatic heterocycles. The Morgan fingerprint density at radius 3 is 1.59 bits per heavy atom. The Kier molecular flexibility index (Phi) is 11.5. The molecule has 0 unspecified atom stereocenters. The van der Waals surface area contributed by atoms with Crippen LogP contribution in [-0.2, 0) is 27.3 Å². The molecule has 2 atom stereocenters. The first-order valence-electron chi connectivity index (χ1n) is 11.5. The zero-order valence-electron chi connectivity index (χ0n) is 19.8. The maximum absolute atomic E-state index is 13.3. The number of benzene rings is 5. The summed E-state index contributed by atoms with van der Waals surface area (Å²) in [4.78, 5) is 0.164. The van der Waals surface area contributed by atoms with Gasteiger partial charge in [-0.15, -0.1) is 12.1 Å². The van der Waals surface area contributed by atoms with Gasteiger partial charge in [0.2, 0.25) is 0 Å². The van der Waals surface area contributed by atoms with Gasteiger partial charge < -0.3 is 10.5 Å². The Labute approximate surface area is 233 Å². The molecule has 0 aliphatic rings. The molecule has 5 aromatic rings. The number of hydrogen-bond donors (Lipinski definition) is 0. The largest absolute Gasteiger partial charge is 0.672 e. The van der Waals surface area contributed by atoms with Crippen LogP contribution < -0.4 is 0 Å². The smallest absolute Gasteiger partial charge is 0.102 e. The molecule has 0 aliphatic carbocycles. The van der Waals surface area contributed by atoms with Gasteiger partial charge in [0.15, 0.2) is 0 Å². The second-order valence-electron chi connectivity index (χ2n) is 7.96. The van der Waals surface area contributed by atoms with Crippen LogP contribution in [0, 0.1) is 0 Å². The average molecular weight is 615 g/mol. The third-order valence-electron chi connectivity index (χ3n) is 5.56. The van der Waals surface area contributed by atoms with Crippen molar-refractivity contribution >= 4 is 30.5 Å². The van der Waals surface area contributed by atoms with E-state index >= 15 is 0 Å². The summed E-state index contributed by atoms with van der Waals surface area (Å²) in [6.45, 7) is 0. The number of rotatable bonds is 6. The summed E-state index contributed by atoms with van der Waals surface area (Å²) in [6.07, 6.45) is 0. The van der Waals surface area contributed by atoms with Crippen molar-refractivity contribution in [3.05, 3.63) is 161 Å². The van der Waals surface area contributed by atoms with Crippen molar-refractivity contribution in [3.63, 3.8) is 0 Å². The number of halogens is 1. The topological polar surface area (TPSA) is 72.0 Å². The van der Waals surface area contributed by atoms with Crippen molar-refractivity contribution in [2.75, 3.05) is 0 Å². The predicted molar refractivity (Wildman–Crippen MR) is 149 cm³/mol. The fourth-order valence-electron chi connectivity index (χ4n) is 3.82. The normalized spacial score (nSPS) is 12.3. The molecule has 0 spiro atoms. The molecular formula is C30H26ClN2O2RuS. The zero-order valence-corrected chi connectivity index (χ0v) is 23.1. The molecule has 0 fully saturated rings. The Morgan fingerprint density at radius 2 is 1.03 bits per heavy atom. The van der Waals surface area contributed by atoms with Gasteiger partial charge in [-0.3, -0.25) is 0 Å². The third-order valence-corrected chi connectivity index (χ3v) is 6.98. The Hall–Kier alpha value is -2.86. The second-order valence-corrected chi connectivity index (χ2v) is 9.56. The van der Waals surface area contributed by atoms with E-state index in [1.54, 1.807) is 18.2 Å². The average Bonchev–Trinajstić information content (AvgIpc) is 2.98. The van der Waals surface area contributed by atoms with E-state index in [9.17, 15) is 8.42 Å². The van der Waals surface area contributed by atoms with Gasteiger partial charge in [-0.25, -0.2) is 8.42 Å². The van der Waals surface area contributed by atoms with Crippen LogP contribution in [0.15, 0.2) is 144 Å². The maximum atomic E-state index is 13.3. The number of fused-ring (bicyclic) bond motifs is 1. The molecule has 0 amide bonds. The molecule has 0 heterocycles. The zero-order chi connectivity index (χ0) is 26.5. The van der Waals surface area contributed by atoms with Crippen molar-refractivity contribution in [1.82, 2.24) is 0 Å². The summed E-state index contributed by atoms with van der Waals surface area (Å²) in [6, 6.07) is 41.2. The van der Waals surface area contributed by atoms with E-state index in [4.69, 9.17) is 5.73 Å². The predicted octanol–water partition coefficient (Wildman–Crippen LogP) is 8.81. The van der Waals surface area contributed by atoms with Crippen LogP contribution in [0.3, 0.4) is 0 Å². The van der Waals surface area contributed by atoms with Crippen LogP contribution in [0.2, 0.25) is 0 Å². The Bertz CT molecular complexity index is 1420. The van der Waals surface area contributed by atoms with Gasteiger partial charge in [-0.05, 0) is 16.8 Å². The minimum Gasteiger partial charge on any atom is -0.672 e. The molecule has 0 saturated heterocycles. The van der Waals surface area contributed by atoms with E-state index in [0.717, 1.165) is 10.9 Å². The molecule has 4 nitrogen and oxygen atoms in total. The van der Waals surface area contributed by atoms with Gasteiger partial charge in [0.25, 0.3) is 0 Å². The van der Waals surface area contributed by atoms with E-state index in [1.165, 1.54) is 0 Å². The summed E-state index contributed by atoms with van der Waals surface area (Å²) in [7, 11) is 0.587. The number of nitrogens with zero attached hydrogens (tertiary/aromatic N) is 1. The fourth-order valence-corrected chi connectivity index (χ4v) is 5.19. The first-order valence-corrected chi connectivity index (χ1v) is 15.1. The number of nitrogens with one attached hydrogen (secondary N) is 1. The minimum atomic E-state index is -3.98. The molecule has 0 saturated carbocycles. The molecule has 1 N–H and O–H groups in total. The quantitative estimate of drug-likeness (QED) is 0.179. The summed E-state index contributed by atoms with van der Waals surface area (Å²) in [5, 5.41) is 1.47. The number of sulfonamides is 1. The molecule has 0 radical (unpaired) electrons. The summed E-state index contributed by atoms with van der Waals surface area (Å²) < 4.78 is 30.9. The summed E-state index contributed by atoms with van der Waals surface area (Å²) >= 11 is 1.82. The third kappa shape index (κ3) is 8.06. The summed E-state index contributed by atoms with van der Waals surface area (Å²) in [5.74, 6) is 0. The SMILES string of the molecule is [Cl][Ru+2].[NH-][C@H](c1ccccc1)[C@H]([N-]S(=O)(=O)c1cccc2ccccc12)c1ccccc1.c1ccccc1. The van der Waals surface area contributed by atoms with Crippen LogP contribution in [-0.4, -0.2) is 8.42 Å². The standard InChI is InChI=1S/C24H20N2O2S.C6H6.ClH.Ru/c25-23(19-11-3-1-4-12-19)24(20-13-5-2-6-14-20)26-29(27,28)22-17-9-15-18-10-7-8-16-21(18)22;1-2-4-6-5-3-1;;/h1-17,23-25H;1-6H;1H;/q-2;;;+3/p-1/t23-,24-;;;/m1.../s1. The van der Waals surface area contributed by atoms with Gasteiger partial charge in [0.1, 0.15) is 10.0 Å². The van der Waals surface area contributed by atoms with Crippen molar-refractivity contribution in [2.45, 2.75) is 17.0 Å². The van der Waals surface area contributed by atoms with Crippen LogP contribution in [0.4, 0.5) is 0 Å². The first kappa shape index (κ1) is 28.7. The first-order chi connectivity index (χ1) is 18.1. The maximum Gasteiger partial charge on any atom is 0.102 e. The van der Waals surface area contributed by atoms with Crippen molar-refractivity contribution < 1.29 is 25.7 Å². The van der Waals surface area contributed by atoms with Gasteiger partial charge in [-0.2, -0.15) is 0 Å². The van der Waals surface area contributed by atoms with E-state index in [-0.39, 0.29) is 4.90 Å². The van der Waals surface area contributed by atoms with E-state index in [0.29, 0.717) is 10.9 Å². The monoisotopic (exact) mass is 615 g/mol. The molecule has 0 bridgehead atoms. The van der Waals surface area contributed by atoms with Crippen LogP contribution in [0.5, 0.6) is 0 Å². The molecule has 0 aromatic heterocycles. The van der Waals surface area contributed by atoms with Gasteiger partial charge in [0.05, 0.1) is 4.90 Å². The summed E-state index contributed by atoms with van der Waals surface area (Å²) in [5.41, 5.74) is 10.2. The molecule has 5 aromatic carbocycles.